The molecule has 0 fully saturated rings. The Morgan fingerprint density at radius 3 is 2.47 bits per heavy atom. The average molecular weight is 247 g/mol. The monoisotopic (exact) mass is 246 g/mol. The summed E-state index contributed by atoms with van der Waals surface area (Å²) in [4.78, 5) is 10.6. The normalized spacial score (nSPS) is 11.5. The lowest BCUT2D eigenvalue weighted by Gasteiger charge is -2.06. The van der Waals surface area contributed by atoms with E-state index in [1.165, 1.54) is 5.56 Å². The Morgan fingerprint density at radius 1 is 1.33 bits per heavy atom. The summed E-state index contributed by atoms with van der Waals surface area (Å²) < 4.78 is 0. The van der Waals surface area contributed by atoms with Crippen molar-refractivity contribution in [3.05, 3.63) is 35.9 Å². The molecule has 1 aromatic carbocycles. The van der Waals surface area contributed by atoms with Crippen LogP contribution in [0, 0.1) is 0 Å². The lowest BCUT2D eigenvalue weighted by Crippen LogP contribution is -2.38. The van der Waals surface area contributed by atoms with Crippen LogP contribution in [-0.4, -0.2) is 17.7 Å². The highest BCUT2D eigenvalue weighted by atomic mass is 35.5. The summed E-state index contributed by atoms with van der Waals surface area (Å²) in [6.07, 6.45) is 0. The molecular formula is C10H15ClN2OS. The van der Waals surface area contributed by atoms with Crippen LogP contribution in [0.15, 0.2) is 30.3 Å². The summed E-state index contributed by atoms with van der Waals surface area (Å²) in [5.74, 6) is 0.997. The number of carbonyl (C=O) groups is 1. The summed E-state index contributed by atoms with van der Waals surface area (Å²) in [7, 11) is 0. The molecule has 0 spiro atoms. The Hall–Kier alpha value is -0.710. The molecule has 0 heterocycles. The summed E-state index contributed by atoms with van der Waals surface area (Å²) in [6, 6.07) is 9.51. The quantitative estimate of drug-likeness (QED) is 0.819. The lowest BCUT2D eigenvalue weighted by molar-refractivity contribution is -0.118. The minimum absolute atomic E-state index is 0. The number of halogens is 1. The van der Waals surface area contributed by atoms with Gasteiger partial charge in [-0.15, -0.1) is 12.4 Å². The van der Waals surface area contributed by atoms with Crippen molar-refractivity contribution >= 4 is 30.1 Å². The van der Waals surface area contributed by atoms with E-state index in [-0.39, 0.29) is 12.4 Å². The van der Waals surface area contributed by atoms with Gasteiger partial charge in [-0.3, -0.25) is 4.79 Å². The molecule has 1 amide bonds. The van der Waals surface area contributed by atoms with Crippen LogP contribution >= 0.6 is 24.2 Å². The molecule has 0 radical (unpaired) electrons. The van der Waals surface area contributed by atoms with Gasteiger partial charge in [-0.05, 0) is 5.56 Å². The van der Waals surface area contributed by atoms with Gasteiger partial charge in [0.15, 0.2) is 0 Å². The summed E-state index contributed by atoms with van der Waals surface area (Å²) in [5, 5.41) is 0. The van der Waals surface area contributed by atoms with E-state index < -0.39 is 11.9 Å². The first-order chi connectivity index (χ1) is 6.70. The molecule has 0 aromatic heterocycles. The zero-order chi connectivity index (χ0) is 10.4. The van der Waals surface area contributed by atoms with Gasteiger partial charge in [-0.2, -0.15) is 11.8 Å². The van der Waals surface area contributed by atoms with Crippen molar-refractivity contribution in [1.29, 1.82) is 0 Å². The van der Waals surface area contributed by atoms with E-state index in [0.717, 1.165) is 5.75 Å². The number of primary amides is 1. The number of rotatable bonds is 5. The van der Waals surface area contributed by atoms with Crippen molar-refractivity contribution in [3.63, 3.8) is 0 Å². The highest BCUT2D eigenvalue weighted by Gasteiger charge is 2.08. The number of thioether (sulfide) groups is 1. The van der Waals surface area contributed by atoms with Crippen molar-refractivity contribution in [2.45, 2.75) is 11.8 Å². The second-order valence-electron chi connectivity index (χ2n) is 3.01. The van der Waals surface area contributed by atoms with E-state index in [9.17, 15) is 4.79 Å². The van der Waals surface area contributed by atoms with Crippen LogP contribution in [0.2, 0.25) is 0 Å². The molecule has 0 aliphatic heterocycles. The molecule has 84 valence electrons. The van der Waals surface area contributed by atoms with Gasteiger partial charge in [-0.1, -0.05) is 30.3 Å². The van der Waals surface area contributed by atoms with Gasteiger partial charge < -0.3 is 11.5 Å². The van der Waals surface area contributed by atoms with Crippen LogP contribution in [0.1, 0.15) is 5.56 Å². The SMILES string of the molecule is Cl.NC(=O)[C@@H](N)CSCc1ccccc1. The first-order valence-corrected chi connectivity index (χ1v) is 5.52. The Bertz CT molecular complexity index is 295. The van der Waals surface area contributed by atoms with Gasteiger partial charge in [0.2, 0.25) is 5.91 Å². The standard InChI is InChI=1S/C10H14N2OS.ClH/c11-9(10(12)13)7-14-6-8-4-2-1-3-5-8;/h1-5,9H,6-7,11H2,(H2,12,13);1H/t9-;/m0./s1. The van der Waals surface area contributed by atoms with E-state index >= 15 is 0 Å². The minimum atomic E-state index is -0.538. The van der Waals surface area contributed by atoms with E-state index in [1.807, 2.05) is 30.3 Å². The van der Waals surface area contributed by atoms with E-state index in [2.05, 4.69) is 0 Å². The van der Waals surface area contributed by atoms with Crippen molar-refractivity contribution in [3.8, 4) is 0 Å². The highest BCUT2D eigenvalue weighted by molar-refractivity contribution is 7.98. The molecule has 3 nitrogen and oxygen atoms in total. The fourth-order valence-electron chi connectivity index (χ4n) is 0.960. The summed E-state index contributed by atoms with van der Waals surface area (Å²) in [6.45, 7) is 0. The van der Waals surface area contributed by atoms with Crippen LogP contribution in [0.5, 0.6) is 0 Å². The maximum Gasteiger partial charge on any atom is 0.235 e. The molecule has 4 N–H and O–H groups in total. The molecule has 1 rings (SSSR count). The maximum absolute atomic E-state index is 10.6. The second-order valence-corrected chi connectivity index (χ2v) is 4.04. The zero-order valence-corrected chi connectivity index (χ0v) is 9.89. The van der Waals surface area contributed by atoms with Crippen LogP contribution in [0.4, 0.5) is 0 Å². The number of hydrogen-bond acceptors (Lipinski definition) is 3. The molecule has 0 bridgehead atoms. The Balaban J connectivity index is 0.00000196. The third-order valence-electron chi connectivity index (χ3n) is 1.77. The van der Waals surface area contributed by atoms with Gasteiger partial charge in [0, 0.05) is 11.5 Å². The first kappa shape index (κ1) is 14.3. The van der Waals surface area contributed by atoms with Gasteiger partial charge in [-0.25, -0.2) is 0 Å². The molecular weight excluding hydrogens is 232 g/mol. The molecule has 0 saturated carbocycles. The molecule has 0 aliphatic rings. The third-order valence-corrected chi connectivity index (χ3v) is 2.91. The fourth-order valence-corrected chi connectivity index (χ4v) is 1.92. The van der Waals surface area contributed by atoms with Gasteiger partial charge in [0.25, 0.3) is 0 Å². The Labute approximate surface area is 100 Å². The number of carbonyl (C=O) groups excluding carboxylic acids is 1. The van der Waals surface area contributed by atoms with Gasteiger partial charge >= 0.3 is 0 Å². The Kier molecular flexibility index (Phi) is 7.21. The predicted octanol–water partition coefficient (Wildman–Crippen LogP) is 1.15. The van der Waals surface area contributed by atoms with E-state index in [0.29, 0.717) is 5.75 Å². The van der Waals surface area contributed by atoms with Gasteiger partial charge in [0.05, 0.1) is 6.04 Å². The van der Waals surface area contributed by atoms with Crippen LogP contribution in [0.3, 0.4) is 0 Å². The largest absolute Gasteiger partial charge is 0.368 e. The van der Waals surface area contributed by atoms with Gasteiger partial charge in [0.1, 0.15) is 0 Å². The molecule has 1 atom stereocenters. The number of benzene rings is 1. The van der Waals surface area contributed by atoms with Crippen molar-refractivity contribution < 1.29 is 4.79 Å². The van der Waals surface area contributed by atoms with E-state index in [1.54, 1.807) is 11.8 Å². The first-order valence-electron chi connectivity index (χ1n) is 4.36. The second kappa shape index (κ2) is 7.56. The van der Waals surface area contributed by atoms with Crippen molar-refractivity contribution in [2.24, 2.45) is 11.5 Å². The highest BCUT2D eigenvalue weighted by Crippen LogP contribution is 2.11. The average Bonchev–Trinajstić information content (AvgIpc) is 2.19. The fraction of sp³-hybridized carbons (Fsp3) is 0.300. The maximum atomic E-state index is 10.6. The molecule has 15 heavy (non-hydrogen) atoms. The summed E-state index contributed by atoms with van der Waals surface area (Å²) >= 11 is 1.62. The summed E-state index contributed by atoms with van der Waals surface area (Å²) in [5.41, 5.74) is 11.8. The molecule has 0 unspecified atom stereocenters. The van der Waals surface area contributed by atoms with Crippen LogP contribution in [-0.2, 0) is 10.5 Å². The van der Waals surface area contributed by atoms with Crippen molar-refractivity contribution in [2.75, 3.05) is 5.75 Å². The topological polar surface area (TPSA) is 69.1 Å². The molecule has 0 saturated heterocycles. The molecule has 5 heteroatoms. The smallest absolute Gasteiger partial charge is 0.235 e. The molecule has 1 aromatic rings. The molecule has 0 aliphatic carbocycles. The number of nitrogens with two attached hydrogens (primary N) is 2. The van der Waals surface area contributed by atoms with E-state index in [4.69, 9.17) is 11.5 Å². The lowest BCUT2D eigenvalue weighted by atomic mass is 10.2. The predicted molar refractivity (Wildman–Crippen MR) is 67.0 cm³/mol. The third kappa shape index (κ3) is 5.67. The Morgan fingerprint density at radius 2 is 1.93 bits per heavy atom. The minimum Gasteiger partial charge on any atom is -0.368 e. The number of amides is 1. The van der Waals surface area contributed by atoms with Crippen molar-refractivity contribution in [1.82, 2.24) is 0 Å². The zero-order valence-electron chi connectivity index (χ0n) is 8.26. The van der Waals surface area contributed by atoms with Crippen LogP contribution in [0.25, 0.3) is 0 Å². The van der Waals surface area contributed by atoms with Crippen LogP contribution < -0.4 is 11.5 Å². The number of hydrogen-bond donors (Lipinski definition) is 2.